The molecular weight excluding hydrogens is 565 g/mol. The van der Waals surface area contributed by atoms with Crippen molar-refractivity contribution in [3.05, 3.63) is 106 Å². The maximum Gasteiger partial charge on any atom is 0.251 e. The minimum atomic E-state index is -0.332. The SMILES string of the molecule is CN1CCN(CCCNC(=O)c2ccc(Nc3ncc4c(n3)-c3ccc(Cl)cc3C(c3cccc(F)c3)=NC4)cc2)CC1. The summed E-state index contributed by atoms with van der Waals surface area (Å²) in [6.45, 7) is 6.33. The Morgan fingerprint density at radius 2 is 1.81 bits per heavy atom. The number of likely N-dealkylation sites (N-methyl/N-ethyl adjacent to an activating group) is 1. The quantitative estimate of drug-likeness (QED) is 0.265. The van der Waals surface area contributed by atoms with Crippen LogP contribution in [0.1, 0.15) is 33.5 Å². The Kier molecular flexibility index (Phi) is 8.74. The zero-order valence-corrected chi connectivity index (χ0v) is 24.7. The van der Waals surface area contributed by atoms with Crippen LogP contribution in [0, 0.1) is 5.82 Å². The van der Waals surface area contributed by atoms with Crippen LogP contribution in [0.5, 0.6) is 0 Å². The van der Waals surface area contributed by atoms with Gasteiger partial charge in [0.2, 0.25) is 5.95 Å². The summed E-state index contributed by atoms with van der Waals surface area (Å²) < 4.78 is 14.1. The van der Waals surface area contributed by atoms with Crippen LogP contribution in [0.15, 0.2) is 77.9 Å². The van der Waals surface area contributed by atoms with E-state index in [1.165, 1.54) is 12.1 Å². The monoisotopic (exact) mass is 597 g/mol. The minimum absolute atomic E-state index is 0.0874. The number of halogens is 2. The van der Waals surface area contributed by atoms with E-state index in [-0.39, 0.29) is 11.7 Å². The first-order chi connectivity index (χ1) is 20.9. The van der Waals surface area contributed by atoms with Crippen LogP contribution in [-0.2, 0) is 6.54 Å². The number of carbonyl (C=O) groups excluding carboxylic acids is 1. The van der Waals surface area contributed by atoms with Gasteiger partial charge in [0.25, 0.3) is 5.91 Å². The van der Waals surface area contributed by atoms with E-state index in [1.807, 2.05) is 36.4 Å². The summed E-state index contributed by atoms with van der Waals surface area (Å²) in [5.41, 5.74) is 5.87. The van der Waals surface area contributed by atoms with E-state index in [0.717, 1.165) is 67.2 Å². The van der Waals surface area contributed by atoms with Crippen molar-refractivity contribution in [1.29, 1.82) is 0 Å². The lowest BCUT2D eigenvalue weighted by Gasteiger charge is -2.32. The number of hydrogen-bond acceptors (Lipinski definition) is 7. The molecule has 8 nitrogen and oxygen atoms in total. The third-order valence-electron chi connectivity index (χ3n) is 7.80. The predicted molar refractivity (Wildman–Crippen MR) is 169 cm³/mol. The van der Waals surface area contributed by atoms with Gasteiger partial charge >= 0.3 is 0 Å². The van der Waals surface area contributed by atoms with Gasteiger partial charge in [0.1, 0.15) is 5.82 Å². The molecule has 1 saturated heterocycles. The van der Waals surface area contributed by atoms with E-state index in [0.29, 0.717) is 40.9 Å². The summed E-state index contributed by atoms with van der Waals surface area (Å²) in [7, 11) is 2.15. The third-order valence-corrected chi connectivity index (χ3v) is 8.03. The maximum absolute atomic E-state index is 14.1. The highest BCUT2D eigenvalue weighted by molar-refractivity contribution is 6.31. The van der Waals surface area contributed by atoms with Gasteiger partial charge in [-0.25, -0.2) is 14.4 Å². The summed E-state index contributed by atoms with van der Waals surface area (Å²) >= 11 is 6.38. The fraction of sp³-hybridized carbons (Fsp3) is 0.273. The van der Waals surface area contributed by atoms with Crippen molar-refractivity contribution >= 4 is 34.9 Å². The summed E-state index contributed by atoms with van der Waals surface area (Å²) in [5.74, 6) is -0.00734. The van der Waals surface area contributed by atoms with Gasteiger partial charge in [-0.15, -0.1) is 0 Å². The van der Waals surface area contributed by atoms with Gasteiger partial charge in [0.15, 0.2) is 0 Å². The van der Waals surface area contributed by atoms with Crippen LogP contribution in [0.4, 0.5) is 16.0 Å². The summed E-state index contributed by atoms with van der Waals surface area (Å²) in [6.07, 6.45) is 2.68. The average Bonchev–Trinajstić information content (AvgIpc) is 3.17. The van der Waals surface area contributed by atoms with Crippen molar-refractivity contribution in [2.24, 2.45) is 4.99 Å². The standard InChI is InChI=1S/C33H33ClFN7O/c1-41-14-16-42(17-15-41)13-3-12-36-32(43)22-6-9-27(10-7-22)39-33-38-21-24-20-37-30(23-4-2-5-26(35)18-23)29-19-25(34)8-11-28(29)31(24)40-33/h2,4-11,18-19,21H,3,12-17,20H2,1H3,(H,36,43)(H,38,39,40). The number of carbonyl (C=O) groups is 1. The van der Waals surface area contributed by atoms with Crippen molar-refractivity contribution < 1.29 is 9.18 Å². The zero-order valence-electron chi connectivity index (χ0n) is 24.0. The molecule has 0 bridgehead atoms. The second-order valence-electron chi connectivity index (χ2n) is 10.9. The number of fused-ring (bicyclic) bond motifs is 3. The highest BCUT2D eigenvalue weighted by Crippen LogP contribution is 2.34. The first-order valence-electron chi connectivity index (χ1n) is 14.5. The van der Waals surface area contributed by atoms with Crippen molar-refractivity contribution in [1.82, 2.24) is 25.1 Å². The molecule has 0 unspecified atom stereocenters. The number of piperazine rings is 1. The number of aromatic nitrogens is 2. The molecule has 1 aromatic heterocycles. The molecule has 0 radical (unpaired) electrons. The topological polar surface area (TPSA) is 85.8 Å². The Morgan fingerprint density at radius 3 is 2.60 bits per heavy atom. The number of hydrogen-bond donors (Lipinski definition) is 2. The molecule has 3 heterocycles. The first kappa shape index (κ1) is 28.9. The number of rotatable bonds is 8. The van der Waals surface area contributed by atoms with Crippen LogP contribution >= 0.6 is 11.6 Å². The molecule has 6 rings (SSSR count). The number of anilines is 2. The van der Waals surface area contributed by atoms with Gasteiger partial charge in [-0.2, -0.15) is 0 Å². The largest absolute Gasteiger partial charge is 0.352 e. The van der Waals surface area contributed by atoms with Crippen LogP contribution < -0.4 is 10.6 Å². The van der Waals surface area contributed by atoms with Crippen molar-refractivity contribution in [2.75, 3.05) is 51.6 Å². The van der Waals surface area contributed by atoms with Gasteiger partial charge in [-0.05, 0) is 68.5 Å². The summed E-state index contributed by atoms with van der Waals surface area (Å²) in [6, 6.07) is 19.2. The van der Waals surface area contributed by atoms with Crippen LogP contribution in [0.3, 0.4) is 0 Å². The molecular formula is C33H33ClFN7O. The number of nitrogens with zero attached hydrogens (tertiary/aromatic N) is 5. The fourth-order valence-electron chi connectivity index (χ4n) is 5.38. The molecule has 0 atom stereocenters. The molecule has 2 N–H and O–H groups in total. The molecule has 3 aromatic carbocycles. The van der Waals surface area contributed by atoms with E-state index in [9.17, 15) is 9.18 Å². The number of aliphatic imine (C=N–C) groups is 1. The van der Waals surface area contributed by atoms with Crippen LogP contribution in [0.2, 0.25) is 5.02 Å². The molecule has 0 aliphatic carbocycles. The van der Waals surface area contributed by atoms with Crippen molar-refractivity contribution in [3.8, 4) is 11.3 Å². The van der Waals surface area contributed by atoms with E-state index >= 15 is 0 Å². The summed E-state index contributed by atoms with van der Waals surface area (Å²) in [4.78, 5) is 31.6. The first-order valence-corrected chi connectivity index (χ1v) is 14.8. The fourth-order valence-corrected chi connectivity index (χ4v) is 5.55. The Balaban J connectivity index is 1.13. The average molecular weight is 598 g/mol. The Bertz CT molecular complexity index is 1650. The Morgan fingerprint density at radius 1 is 1.00 bits per heavy atom. The number of amides is 1. The van der Waals surface area contributed by atoms with Crippen molar-refractivity contribution in [2.45, 2.75) is 13.0 Å². The van der Waals surface area contributed by atoms with E-state index in [1.54, 1.807) is 24.4 Å². The predicted octanol–water partition coefficient (Wildman–Crippen LogP) is 5.40. The molecule has 1 fully saturated rings. The second kappa shape index (κ2) is 13.0. The molecule has 43 heavy (non-hydrogen) atoms. The third kappa shape index (κ3) is 6.91. The molecule has 10 heteroatoms. The molecule has 2 aliphatic rings. The van der Waals surface area contributed by atoms with E-state index < -0.39 is 0 Å². The van der Waals surface area contributed by atoms with Gasteiger partial charge in [0, 0.05) is 77.4 Å². The lowest BCUT2D eigenvalue weighted by atomic mass is 9.95. The highest BCUT2D eigenvalue weighted by Gasteiger charge is 2.22. The highest BCUT2D eigenvalue weighted by atomic mass is 35.5. The Labute approximate surface area is 255 Å². The molecule has 0 spiro atoms. The smallest absolute Gasteiger partial charge is 0.251 e. The second-order valence-corrected chi connectivity index (χ2v) is 11.3. The molecule has 0 saturated carbocycles. The molecule has 2 aliphatic heterocycles. The minimum Gasteiger partial charge on any atom is -0.352 e. The van der Waals surface area contributed by atoms with Crippen LogP contribution in [0.25, 0.3) is 11.3 Å². The number of nitrogens with one attached hydrogen (secondary N) is 2. The van der Waals surface area contributed by atoms with E-state index in [2.05, 4.69) is 32.5 Å². The van der Waals surface area contributed by atoms with Gasteiger partial charge in [-0.1, -0.05) is 29.8 Å². The lowest BCUT2D eigenvalue weighted by molar-refractivity contribution is 0.0949. The normalized spacial score (nSPS) is 15.2. The molecule has 220 valence electrons. The maximum atomic E-state index is 14.1. The van der Waals surface area contributed by atoms with Crippen LogP contribution in [-0.4, -0.2) is 77.7 Å². The van der Waals surface area contributed by atoms with E-state index in [4.69, 9.17) is 21.6 Å². The van der Waals surface area contributed by atoms with Crippen molar-refractivity contribution in [3.63, 3.8) is 0 Å². The summed E-state index contributed by atoms with van der Waals surface area (Å²) in [5, 5.41) is 6.83. The van der Waals surface area contributed by atoms with Gasteiger partial charge < -0.3 is 20.4 Å². The molecule has 4 aromatic rings. The Hall–Kier alpha value is -4.18. The lowest BCUT2D eigenvalue weighted by Crippen LogP contribution is -2.45. The molecule has 1 amide bonds. The zero-order chi connectivity index (χ0) is 29.8. The van der Waals surface area contributed by atoms with Gasteiger partial charge in [-0.3, -0.25) is 9.79 Å². The number of benzene rings is 3. The van der Waals surface area contributed by atoms with Gasteiger partial charge in [0.05, 0.1) is 18.0 Å².